The van der Waals surface area contributed by atoms with Crippen LogP contribution in [0.4, 0.5) is 0 Å². The standard InChI is InChI=1S/C20H31N/c1-16(2)7-5-6-12-21-15-17-10-11-20(21)14-19-9-4-3-8-18(19)13-17/h3-4,8-9,16-17,20H,5-7,10-15H2,1-2H3/t17-,20+/m0/s1. The molecular formula is C20H31N. The molecular weight excluding hydrogens is 254 g/mol. The first kappa shape index (κ1) is 15.1. The van der Waals surface area contributed by atoms with Gasteiger partial charge in [-0.3, -0.25) is 4.90 Å². The van der Waals surface area contributed by atoms with E-state index in [4.69, 9.17) is 0 Å². The number of rotatable bonds is 5. The van der Waals surface area contributed by atoms with Gasteiger partial charge in [0, 0.05) is 12.6 Å². The molecule has 0 radical (unpaired) electrons. The number of nitrogens with zero attached hydrogens (tertiary/aromatic N) is 1. The molecule has 2 heterocycles. The Morgan fingerprint density at radius 3 is 2.57 bits per heavy atom. The van der Waals surface area contributed by atoms with Crippen molar-refractivity contribution < 1.29 is 0 Å². The van der Waals surface area contributed by atoms with Crippen molar-refractivity contribution >= 4 is 0 Å². The van der Waals surface area contributed by atoms with Gasteiger partial charge in [0.2, 0.25) is 0 Å². The van der Waals surface area contributed by atoms with E-state index >= 15 is 0 Å². The largest absolute Gasteiger partial charge is 0.300 e. The summed E-state index contributed by atoms with van der Waals surface area (Å²) in [4.78, 5) is 2.82. The van der Waals surface area contributed by atoms with Gasteiger partial charge in [0.25, 0.3) is 0 Å². The zero-order valence-electron chi connectivity index (χ0n) is 13.9. The fourth-order valence-corrected chi connectivity index (χ4v) is 4.24. The minimum absolute atomic E-state index is 0.807. The molecule has 1 aliphatic carbocycles. The van der Waals surface area contributed by atoms with Gasteiger partial charge in [-0.15, -0.1) is 0 Å². The van der Waals surface area contributed by atoms with Gasteiger partial charge in [-0.25, -0.2) is 0 Å². The van der Waals surface area contributed by atoms with E-state index in [0.29, 0.717) is 0 Å². The van der Waals surface area contributed by atoms with Crippen molar-refractivity contribution in [1.29, 1.82) is 0 Å². The lowest BCUT2D eigenvalue weighted by molar-refractivity contribution is 0.0987. The smallest absolute Gasteiger partial charge is 0.0136 e. The van der Waals surface area contributed by atoms with Gasteiger partial charge in [-0.1, -0.05) is 51.0 Å². The van der Waals surface area contributed by atoms with Gasteiger partial charge in [-0.2, -0.15) is 0 Å². The maximum absolute atomic E-state index is 2.82. The third-order valence-corrected chi connectivity index (χ3v) is 5.48. The summed E-state index contributed by atoms with van der Waals surface area (Å²) in [6.07, 6.45) is 9.65. The molecule has 1 fully saturated rings. The summed E-state index contributed by atoms with van der Waals surface area (Å²) < 4.78 is 0. The van der Waals surface area contributed by atoms with Crippen molar-refractivity contribution in [3.8, 4) is 0 Å². The zero-order chi connectivity index (χ0) is 14.7. The Morgan fingerprint density at radius 2 is 1.81 bits per heavy atom. The highest BCUT2D eigenvalue weighted by Crippen LogP contribution is 2.32. The summed E-state index contributed by atoms with van der Waals surface area (Å²) in [6.45, 7) is 7.36. The normalized spacial score (nSPS) is 25.7. The summed E-state index contributed by atoms with van der Waals surface area (Å²) in [5.74, 6) is 1.76. The van der Waals surface area contributed by atoms with Crippen LogP contribution < -0.4 is 0 Å². The van der Waals surface area contributed by atoms with E-state index < -0.39 is 0 Å². The first-order valence-electron chi connectivity index (χ1n) is 9.03. The first-order valence-corrected chi connectivity index (χ1v) is 9.03. The summed E-state index contributed by atoms with van der Waals surface area (Å²) >= 11 is 0. The maximum Gasteiger partial charge on any atom is 0.0136 e. The molecule has 1 aromatic rings. The van der Waals surface area contributed by atoms with Crippen molar-refractivity contribution in [3.05, 3.63) is 35.4 Å². The fraction of sp³-hybridized carbons (Fsp3) is 0.700. The number of fused-ring (bicyclic) bond motifs is 2. The van der Waals surface area contributed by atoms with E-state index in [0.717, 1.165) is 17.9 Å². The number of piperidine rings is 1. The summed E-state index contributed by atoms with van der Waals surface area (Å²) in [7, 11) is 0. The van der Waals surface area contributed by atoms with Crippen LogP contribution >= 0.6 is 0 Å². The molecule has 21 heavy (non-hydrogen) atoms. The molecule has 0 saturated carbocycles. The van der Waals surface area contributed by atoms with Crippen LogP contribution in [-0.4, -0.2) is 24.0 Å². The molecule has 1 saturated heterocycles. The Morgan fingerprint density at radius 1 is 1.05 bits per heavy atom. The Balaban J connectivity index is 1.61. The molecule has 2 aliphatic heterocycles. The monoisotopic (exact) mass is 285 g/mol. The highest BCUT2D eigenvalue weighted by molar-refractivity contribution is 5.29. The van der Waals surface area contributed by atoms with E-state index in [2.05, 4.69) is 43.0 Å². The molecule has 2 bridgehead atoms. The molecule has 1 heteroatoms. The average Bonchev–Trinajstić information content (AvgIpc) is 2.44. The number of hydrogen-bond donors (Lipinski definition) is 0. The quantitative estimate of drug-likeness (QED) is 0.709. The minimum Gasteiger partial charge on any atom is -0.300 e. The lowest BCUT2D eigenvalue weighted by Crippen LogP contribution is -2.46. The predicted octanol–water partition coefficient (Wildman–Crippen LogP) is 4.69. The lowest BCUT2D eigenvalue weighted by Gasteiger charge is -2.42. The Bertz CT molecular complexity index is 451. The number of unbranched alkanes of at least 4 members (excludes halogenated alkanes) is 1. The van der Waals surface area contributed by atoms with Gasteiger partial charge in [0.1, 0.15) is 0 Å². The van der Waals surface area contributed by atoms with Crippen LogP contribution in [0.2, 0.25) is 0 Å². The van der Waals surface area contributed by atoms with Crippen LogP contribution in [0.15, 0.2) is 24.3 Å². The molecule has 0 amide bonds. The fourth-order valence-electron chi connectivity index (χ4n) is 4.24. The van der Waals surface area contributed by atoms with Gasteiger partial charge in [0.05, 0.1) is 0 Å². The Labute approximate surface area is 130 Å². The molecule has 1 nitrogen and oxygen atoms in total. The van der Waals surface area contributed by atoms with Crippen LogP contribution in [0.25, 0.3) is 0 Å². The number of benzene rings is 1. The SMILES string of the molecule is CC(C)CCCCN1C[C@H]2CC[C@@H]1Cc1ccccc1C2. The molecule has 2 atom stereocenters. The minimum atomic E-state index is 0.807. The van der Waals surface area contributed by atoms with E-state index in [1.807, 2.05) is 0 Å². The zero-order valence-corrected chi connectivity index (χ0v) is 13.9. The van der Waals surface area contributed by atoms with E-state index in [9.17, 15) is 0 Å². The van der Waals surface area contributed by atoms with E-state index in [1.165, 1.54) is 58.0 Å². The molecule has 1 aromatic carbocycles. The van der Waals surface area contributed by atoms with Crippen molar-refractivity contribution in [2.45, 2.75) is 64.8 Å². The molecule has 0 aromatic heterocycles. The highest BCUT2D eigenvalue weighted by atomic mass is 15.2. The molecule has 116 valence electrons. The second-order valence-corrected chi connectivity index (χ2v) is 7.66. The second-order valence-electron chi connectivity index (χ2n) is 7.66. The van der Waals surface area contributed by atoms with Crippen LogP contribution in [-0.2, 0) is 12.8 Å². The van der Waals surface area contributed by atoms with Crippen LogP contribution in [0, 0.1) is 11.8 Å². The third kappa shape index (κ3) is 3.88. The van der Waals surface area contributed by atoms with Crippen LogP contribution in [0.1, 0.15) is 57.1 Å². The summed E-state index contributed by atoms with van der Waals surface area (Å²) in [5, 5.41) is 0. The van der Waals surface area contributed by atoms with Gasteiger partial charge >= 0.3 is 0 Å². The highest BCUT2D eigenvalue weighted by Gasteiger charge is 2.31. The predicted molar refractivity (Wildman–Crippen MR) is 90.6 cm³/mol. The lowest BCUT2D eigenvalue weighted by atomic mass is 9.80. The van der Waals surface area contributed by atoms with E-state index in [1.54, 1.807) is 11.1 Å². The van der Waals surface area contributed by atoms with Gasteiger partial charge < -0.3 is 0 Å². The Hall–Kier alpha value is -0.820. The first-order chi connectivity index (χ1) is 10.2. The van der Waals surface area contributed by atoms with Gasteiger partial charge in [0.15, 0.2) is 0 Å². The third-order valence-electron chi connectivity index (χ3n) is 5.48. The van der Waals surface area contributed by atoms with Crippen LogP contribution in [0.3, 0.4) is 0 Å². The molecule has 3 aliphatic rings. The van der Waals surface area contributed by atoms with Gasteiger partial charge in [-0.05, 0) is 61.6 Å². The van der Waals surface area contributed by atoms with Crippen molar-refractivity contribution in [1.82, 2.24) is 4.90 Å². The molecule has 0 spiro atoms. The topological polar surface area (TPSA) is 3.24 Å². The average molecular weight is 285 g/mol. The second kappa shape index (κ2) is 6.96. The van der Waals surface area contributed by atoms with E-state index in [-0.39, 0.29) is 0 Å². The molecule has 0 N–H and O–H groups in total. The van der Waals surface area contributed by atoms with Crippen LogP contribution in [0.5, 0.6) is 0 Å². The van der Waals surface area contributed by atoms with Crippen molar-refractivity contribution in [2.24, 2.45) is 11.8 Å². The number of hydrogen-bond acceptors (Lipinski definition) is 1. The molecule has 0 unspecified atom stereocenters. The molecule has 4 rings (SSSR count). The Kier molecular flexibility index (Phi) is 5.00. The maximum atomic E-state index is 2.82. The van der Waals surface area contributed by atoms with Crippen molar-refractivity contribution in [2.75, 3.05) is 13.1 Å². The summed E-state index contributed by atoms with van der Waals surface area (Å²) in [5.41, 5.74) is 3.26. The van der Waals surface area contributed by atoms with Crippen molar-refractivity contribution in [3.63, 3.8) is 0 Å². The summed E-state index contributed by atoms with van der Waals surface area (Å²) in [6, 6.07) is 9.98.